The first-order valence-electron chi connectivity index (χ1n) is 10.1. The number of fused-ring (bicyclic) bond motifs is 1. The highest BCUT2D eigenvalue weighted by Gasteiger charge is 2.20. The average molecular weight is 455 g/mol. The molecule has 33 heavy (non-hydrogen) atoms. The van der Waals surface area contributed by atoms with E-state index in [1.54, 1.807) is 33.8 Å². The summed E-state index contributed by atoms with van der Waals surface area (Å²) in [5, 5.41) is 7.25. The molecule has 0 saturated carbocycles. The van der Waals surface area contributed by atoms with Crippen molar-refractivity contribution in [2.75, 3.05) is 27.8 Å². The van der Waals surface area contributed by atoms with Crippen LogP contribution in [-0.4, -0.2) is 52.1 Å². The Labute approximate surface area is 188 Å². The zero-order valence-corrected chi connectivity index (χ0v) is 18.6. The maximum Gasteiger partial charge on any atom is 0.193 e. The zero-order valence-electron chi connectivity index (χ0n) is 18.6. The third-order valence-corrected chi connectivity index (χ3v) is 5.07. The van der Waals surface area contributed by atoms with Crippen LogP contribution in [0.4, 0.5) is 14.5 Å². The molecule has 0 atom stereocenters. The summed E-state index contributed by atoms with van der Waals surface area (Å²) in [5.74, 6) is -2.20. The van der Waals surface area contributed by atoms with E-state index in [0.717, 1.165) is 11.6 Å². The van der Waals surface area contributed by atoms with E-state index in [0.29, 0.717) is 35.4 Å². The first-order chi connectivity index (χ1) is 16.0. The molecule has 0 radical (unpaired) electrons. The SMILES string of the molecule is CNCCn1c(=Nc2c(F)c(OC)cc(OC)c2F)ccc2ncc(-c3cnn(C)c3)nc21. The molecular weight excluding hydrogens is 432 g/mol. The van der Waals surface area contributed by atoms with Gasteiger partial charge in [0.15, 0.2) is 28.8 Å². The fourth-order valence-electron chi connectivity index (χ4n) is 3.38. The van der Waals surface area contributed by atoms with Crippen LogP contribution in [0.25, 0.3) is 22.4 Å². The minimum absolute atomic E-state index is 0.173. The van der Waals surface area contributed by atoms with Crippen molar-refractivity contribution in [2.45, 2.75) is 6.54 Å². The fraction of sp³-hybridized carbons (Fsp3) is 0.273. The van der Waals surface area contributed by atoms with Crippen molar-refractivity contribution in [3.05, 3.63) is 53.9 Å². The van der Waals surface area contributed by atoms with E-state index in [4.69, 9.17) is 14.5 Å². The molecule has 0 aliphatic carbocycles. The van der Waals surface area contributed by atoms with E-state index in [1.165, 1.54) is 14.2 Å². The Kier molecular flexibility index (Phi) is 6.31. The molecule has 172 valence electrons. The van der Waals surface area contributed by atoms with Crippen molar-refractivity contribution in [1.82, 2.24) is 29.6 Å². The number of nitrogens with one attached hydrogen (secondary N) is 1. The van der Waals surface area contributed by atoms with Gasteiger partial charge in [0.1, 0.15) is 16.7 Å². The van der Waals surface area contributed by atoms with Crippen LogP contribution in [0.15, 0.2) is 41.8 Å². The summed E-state index contributed by atoms with van der Waals surface area (Å²) in [5.41, 5.74) is 2.32. The zero-order chi connectivity index (χ0) is 23.5. The van der Waals surface area contributed by atoms with Gasteiger partial charge in [-0.3, -0.25) is 9.67 Å². The molecule has 4 aromatic rings. The number of hydrogen-bond donors (Lipinski definition) is 1. The summed E-state index contributed by atoms with van der Waals surface area (Å²) < 4.78 is 43.4. The van der Waals surface area contributed by atoms with E-state index >= 15 is 0 Å². The molecule has 0 amide bonds. The fourth-order valence-corrected chi connectivity index (χ4v) is 3.38. The van der Waals surface area contributed by atoms with Crippen LogP contribution in [0.5, 0.6) is 11.5 Å². The lowest BCUT2D eigenvalue weighted by atomic mass is 10.2. The van der Waals surface area contributed by atoms with Crippen molar-refractivity contribution in [1.29, 1.82) is 0 Å². The quantitative estimate of drug-likeness (QED) is 0.461. The minimum Gasteiger partial charge on any atom is -0.493 e. The Morgan fingerprint density at radius 3 is 2.42 bits per heavy atom. The van der Waals surface area contributed by atoms with Gasteiger partial charge in [0, 0.05) is 38.0 Å². The largest absolute Gasteiger partial charge is 0.493 e. The molecular formula is C22H23F2N7O2. The lowest BCUT2D eigenvalue weighted by molar-refractivity contribution is 0.359. The average Bonchev–Trinajstić information content (AvgIpc) is 3.26. The number of ether oxygens (including phenoxy) is 2. The number of hydrogen-bond acceptors (Lipinski definition) is 7. The Balaban J connectivity index is 1.98. The summed E-state index contributed by atoms with van der Waals surface area (Å²) in [6, 6.07) is 4.49. The number of likely N-dealkylation sites (N-methyl/N-ethyl adjacent to an activating group) is 1. The highest BCUT2D eigenvalue weighted by atomic mass is 19.1. The number of aryl methyl sites for hydroxylation is 1. The van der Waals surface area contributed by atoms with Gasteiger partial charge in [-0.1, -0.05) is 0 Å². The molecule has 0 spiro atoms. The molecule has 0 unspecified atom stereocenters. The normalized spacial score (nSPS) is 11.9. The van der Waals surface area contributed by atoms with Gasteiger partial charge in [-0.15, -0.1) is 0 Å². The van der Waals surface area contributed by atoms with Crippen LogP contribution in [0.1, 0.15) is 0 Å². The molecule has 0 aliphatic rings. The number of methoxy groups -OCH3 is 2. The van der Waals surface area contributed by atoms with Gasteiger partial charge in [-0.25, -0.2) is 18.8 Å². The van der Waals surface area contributed by atoms with Crippen LogP contribution < -0.4 is 20.3 Å². The highest BCUT2D eigenvalue weighted by molar-refractivity contribution is 5.73. The number of aromatic nitrogens is 5. The van der Waals surface area contributed by atoms with Gasteiger partial charge in [-0.2, -0.15) is 5.10 Å². The van der Waals surface area contributed by atoms with Gasteiger partial charge in [0.05, 0.1) is 32.3 Å². The second-order valence-corrected chi connectivity index (χ2v) is 7.18. The second kappa shape index (κ2) is 9.33. The molecule has 0 fully saturated rings. The van der Waals surface area contributed by atoms with Gasteiger partial charge >= 0.3 is 0 Å². The summed E-state index contributed by atoms with van der Waals surface area (Å²) in [4.78, 5) is 13.6. The van der Waals surface area contributed by atoms with Crippen molar-refractivity contribution >= 4 is 16.9 Å². The Morgan fingerprint density at radius 1 is 1.09 bits per heavy atom. The third-order valence-electron chi connectivity index (χ3n) is 5.07. The summed E-state index contributed by atoms with van der Waals surface area (Å²) in [7, 11) is 6.20. The molecule has 3 heterocycles. The molecule has 4 rings (SSSR count). The smallest absolute Gasteiger partial charge is 0.193 e. The van der Waals surface area contributed by atoms with Crippen molar-refractivity contribution < 1.29 is 18.3 Å². The number of rotatable bonds is 7. The lowest BCUT2D eigenvalue weighted by Crippen LogP contribution is -2.27. The predicted molar refractivity (Wildman–Crippen MR) is 118 cm³/mol. The van der Waals surface area contributed by atoms with E-state index in [2.05, 4.69) is 20.4 Å². The Morgan fingerprint density at radius 2 is 1.82 bits per heavy atom. The maximum atomic E-state index is 14.9. The standard InChI is InChI=1S/C22H23F2N7O2/c1-25-7-8-31-18(29-21-19(23)16(32-3)9-17(33-4)20(21)24)6-5-14-22(31)28-15(11-26-14)13-10-27-30(2)12-13/h5-6,9-12,25H,7-8H2,1-4H3. The molecule has 1 N–H and O–H groups in total. The van der Waals surface area contributed by atoms with Crippen LogP contribution in [0.3, 0.4) is 0 Å². The summed E-state index contributed by atoms with van der Waals surface area (Å²) in [6.07, 6.45) is 5.18. The predicted octanol–water partition coefficient (Wildman–Crippen LogP) is 2.58. The van der Waals surface area contributed by atoms with Crippen LogP contribution in [-0.2, 0) is 13.6 Å². The summed E-state index contributed by atoms with van der Waals surface area (Å²) in [6.45, 7) is 1.000. The van der Waals surface area contributed by atoms with E-state index in [1.807, 2.05) is 20.3 Å². The van der Waals surface area contributed by atoms with E-state index in [9.17, 15) is 8.78 Å². The summed E-state index contributed by atoms with van der Waals surface area (Å²) >= 11 is 0. The van der Waals surface area contributed by atoms with Gasteiger partial charge in [0.25, 0.3) is 0 Å². The number of benzene rings is 1. The Bertz CT molecular complexity index is 1350. The minimum atomic E-state index is -0.925. The maximum absolute atomic E-state index is 14.9. The molecule has 1 aromatic carbocycles. The van der Waals surface area contributed by atoms with Crippen LogP contribution >= 0.6 is 0 Å². The van der Waals surface area contributed by atoms with Crippen molar-refractivity contribution in [3.8, 4) is 22.8 Å². The highest BCUT2D eigenvalue weighted by Crippen LogP contribution is 2.36. The van der Waals surface area contributed by atoms with E-state index < -0.39 is 17.3 Å². The van der Waals surface area contributed by atoms with Crippen LogP contribution in [0.2, 0.25) is 0 Å². The Hall–Kier alpha value is -3.86. The first-order valence-corrected chi connectivity index (χ1v) is 10.1. The van der Waals surface area contributed by atoms with Gasteiger partial charge < -0.3 is 19.4 Å². The number of halogens is 2. The van der Waals surface area contributed by atoms with Gasteiger partial charge in [0.2, 0.25) is 0 Å². The number of nitrogens with zero attached hydrogens (tertiary/aromatic N) is 6. The molecule has 0 saturated heterocycles. The van der Waals surface area contributed by atoms with Crippen LogP contribution in [0, 0.1) is 11.6 Å². The third kappa shape index (κ3) is 4.27. The molecule has 0 aliphatic heterocycles. The van der Waals surface area contributed by atoms with Gasteiger partial charge in [-0.05, 0) is 19.2 Å². The lowest BCUT2D eigenvalue weighted by Gasteiger charge is -2.13. The molecule has 11 heteroatoms. The second-order valence-electron chi connectivity index (χ2n) is 7.18. The molecule has 0 bridgehead atoms. The van der Waals surface area contributed by atoms with Crippen molar-refractivity contribution in [2.24, 2.45) is 12.0 Å². The van der Waals surface area contributed by atoms with Crippen molar-refractivity contribution in [3.63, 3.8) is 0 Å². The molecule has 9 nitrogen and oxygen atoms in total. The first kappa shape index (κ1) is 22.3. The van der Waals surface area contributed by atoms with E-state index in [-0.39, 0.29) is 11.5 Å². The monoisotopic (exact) mass is 455 g/mol. The number of pyridine rings is 1. The topological polar surface area (TPSA) is 91.4 Å². The molecule has 3 aromatic heterocycles.